The molecule has 1 saturated carbocycles. The molecule has 1 aromatic rings. The third kappa shape index (κ3) is 3.05. The van der Waals surface area contributed by atoms with Crippen LogP contribution in [-0.4, -0.2) is 30.2 Å². The maximum Gasteiger partial charge on any atom is 0.325 e. The van der Waals surface area contributed by atoms with Crippen LogP contribution in [-0.2, 0) is 9.53 Å². The molecule has 2 rings (SSSR count). The first-order valence-corrected chi connectivity index (χ1v) is 5.61. The lowest BCUT2D eigenvalue weighted by Gasteiger charge is -2.01. The normalized spacial score (nSPS) is 14.4. The van der Waals surface area contributed by atoms with Crippen molar-refractivity contribution in [3.63, 3.8) is 0 Å². The lowest BCUT2D eigenvalue weighted by molar-refractivity contribution is -0.141. The van der Waals surface area contributed by atoms with Crippen molar-refractivity contribution in [3.8, 4) is 0 Å². The Balaban J connectivity index is 1.83. The second-order valence-electron chi connectivity index (χ2n) is 3.88. The van der Waals surface area contributed by atoms with Crippen LogP contribution in [0.3, 0.4) is 0 Å². The molecule has 1 aromatic heterocycles. The van der Waals surface area contributed by atoms with Crippen molar-refractivity contribution < 1.29 is 18.8 Å². The number of carbonyl (C=O) groups excluding carboxylic acids is 2. The molecule has 6 heteroatoms. The Morgan fingerprint density at radius 3 is 3.00 bits per heavy atom. The minimum absolute atomic E-state index is 0.154. The summed E-state index contributed by atoms with van der Waals surface area (Å²) < 4.78 is 9.72. The van der Waals surface area contributed by atoms with Gasteiger partial charge in [-0.3, -0.25) is 9.59 Å². The van der Waals surface area contributed by atoms with Crippen LogP contribution in [0.15, 0.2) is 10.6 Å². The second kappa shape index (κ2) is 4.99. The van der Waals surface area contributed by atoms with Crippen LogP contribution in [0.1, 0.15) is 41.9 Å². The molecule has 92 valence electrons. The molecule has 1 N–H and O–H groups in total. The topological polar surface area (TPSA) is 81.4 Å². The first-order valence-electron chi connectivity index (χ1n) is 5.61. The summed E-state index contributed by atoms with van der Waals surface area (Å²) in [6.45, 7) is 1.85. The van der Waals surface area contributed by atoms with Crippen LogP contribution in [0.5, 0.6) is 0 Å². The summed E-state index contributed by atoms with van der Waals surface area (Å²) in [4.78, 5) is 22.6. The maximum atomic E-state index is 11.6. The number of hydrogen-bond acceptors (Lipinski definition) is 5. The zero-order chi connectivity index (χ0) is 12.3. The Kier molecular flexibility index (Phi) is 3.41. The number of hydrogen-bond donors (Lipinski definition) is 1. The average Bonchev–Trinajstić information content (AvgIpc) is 3.05. The summed E-state index contributed by atoms with van der Waals surface area (Å²) in [5.74, 6) is 0.265. The van der Waals surface area contributed by atoms with Crippen molar-refractivity contribution in [2.45, 2.75) is 25.7 Å². The number of rotatable bonds is 5. The van der Waals surface area contributed by atoms with Gasteiger partial charge in [0.15, 0.2) is 5.69 Å². The second-order valence-corrected chi connectivity index (χ2v) is 3.88. The molecule has 0 atom stereocenters. The van der Waals surface area contributed by atoms with E-state index in [1.54, 1.807) is 13.0 Å². The van der Waals surface area contributed by atoms with Crippen LogP contribution in [0, 0.1) is 0 Å². The van der Waals surface area contributed by atoms with Gasteiger partial charge in [-0.15, -0.1) is 0 Å². The van der Waals surface area contributed by atoms with E-state index in [0.717, 1.165) is 18.6 Å². The van der Waals surface area contributed by atoms with E-state index < -0.39 is 11.9 Å². The van der Waals surface area contributed by atoms with E-state index in [1.807, 2.05) is 0 Å². The standard InChI is InChI=1S/C11H14N2O4/c1-2-16-10(14)6-12-11(15)8-5-9(17-13-8)7-3-4-7/h5,7H,2-4,6H2,1H3,(H,12,15). The number of nitrogens with zero attached hydrogens (tertiary/aromatic N) is 1. The van der Waals surface area contributed by atoms with Gasteiger partial charge in [-0.2, -0.15) is 0 Å². The van der Waals surface area contributed by atoms with E-state index in [-0.39, 0.29) is 12.2 Å². The first kappa shape index (κ1) is 11.6. The smallest absolute Gasteiger partial charge is 0.325 e. The van der Waals surface area contributed by atoms with Crippen molar-refractivity contribution in [1.29, 1.82) is 0 Å². The third-order valence-electron chi connectivity index (χ3n) is 2.44. The fraction of sp³-hybridized carbons (Fsp3) is 0.545. The molecular formula is C11H14N2O4. The van der Waals surface area contributed by atoms with Gasteiger partial charge >= 0.3 is 5.97 Å². The number of nitrogens with one attached hydrogen (secondary N) is 1. The Labute approximate surface area is 98.3 Å². The molecule has 0 aromatic carbocycles. The maximum absolute atomic E-state index is 11.6. The third-order valence-corrected chi connectivity index (χ3v) is 2.44. The Morgan fingerprint density at radius 1 is 1.59 bits per heavy atom. The van der Waals surface area contributed by atoms with Crippen molar-refractivity contribution in [2.75, 3.05) is 13.2 Å². The van der Waals surface area contributed by atoms with Gasteiger partial charge < -0.3 is 14.6 Å². The van der Waals surface area contributed by atoms with E-state index in [0.29, 0.717) is 12.5 Å². The highest BCUT2D eigenvalue weighted by atomic mass is 16.5. The zero-order valence-corrected chi connectivity index (χ0v) is 9.56. The molecule has 0 saturated heterocycles. The quantitative estimate of drug-likeness (QED) is 0.769. The Bertz CT molecular complexity index is 423. The van der Waals surface area contributed by atoms with Crippen molar-refractivity contribution in [2.24, 2.45) is 0 Å². The highest BCUT2D eigenvalue weighted by molar-refractivity contribution is 5.94. The van der Waals surface area contributed by atoms with Gasteiger partial charge in [-0.25, -0.2) is 0 Å². The molecule has 1 aliphatic rings. The predicted molar refractivity (Wildman–Crippen MR) is 57.4 cm³/mol. The molecule has 17 heavy (non-hydrogen) atoms. The molecule has 0 bridgehead atoms. The van der Waals surface area contributed by atoms with Crippen LogP contribution in [0.2, 0.25) is 0 Å². The van der Waals surface area contributed by atoms with Gasteiger partial charge in [0.2, 0.25) is 0 Å². The van der Waals surface area contributed by atoms with Gasteiger partial charge in [-0.1, -0.05) is 5.16 Å². The first-order chi connectivity index (χ1) is 8.20. The van der Waals surface area contributed by atoms with Gasteiger partial charge in [0, 0.05) is 12.0 Å². The molecular weight excluding hydrogens is 224 g/mol. The van der Waals surface area contributed by atoms with Crippen molar-refractivity contribution in [3.05, 3.63) is 17.5 Å². The van der Waals surface area contributed by atoms with Gasteiger partial charge in [0.1, 0.15) is 12.3 Å². The van der Waals surface area contributed by atoms with E-state index in [1.165, 1.54) is 0 Å². The molecule has 6 nitrogen and oxygen atoms in total. The van der Waals surface area contributed by atoms with Crippen molar-refractivity contribution in [1.82, 2.24) is 10.5 Å². The number of carbonyl (C=O) groups is 2. The summed E-state index contributed by atoms with van der Waals surface area (Å²) in [7, 11) is 0. The summed E-state index contributed by atoms with van der Waals surface area (Å²) in [6, 6.07) is 1.62. The van der Waals surface area contributed by atoms with E-state index in [4.69, 9.17) is 4.52 Å². The fourth-order valence-electron chi connectivity index (χ4n) is 1.41. The predicted octanol–water partition coefficient (Wildman–Crippen LogP) is 0.845. The molecule has 1 fully saturated rings. The molecule has 0 radical (unpaired) electrons. The molecule has 1 amide bonds. The Hall–Kier alpha value is -1.85. The minimum Gasteiger partial charge on any atom is -0.465 e. The molecule has 1 aliphatic carbocycles. The van der Waals surface area contributed by atoms with Crippen molar-refractivity contribution >= 4 is 11.9 Å². The Morgan fingerprint density at radius 2 is 2.35 bits per heavy atom. The van der Waals surface area contributed by atoms with E-state index in [9.17, 15) is 9.59 Å². The van der Waals surface area contributed by atoms with Gasteiger partial charge in [0.05, 0.1) is 6.61 Å². The average molecular weight is 238 g/mol. The van der Waals surface area contributed by atoms with E-state index in [2.05, 4.69) is 15.2 Å². The lowest BCUT2D eigenvalue weighted by atomic mass is 10.3. The summed E-state index contributed by atoms with van der Waals surface area (Å²) in [5, 5.41) is 6.08. The van der Waals surface area contributed by atoms with Crippen LogP contribution >= 0.6 is 0 Å². The largest absolute Gasteiger partial charge is 0.465 e. The molecule has 0 unspecified atom stereocenters. The lowest BCUT2D eigenvalue weighted by Crippen LogP contribution is -2.30. The van der Waals surface area contributed by atoms with Crippen LogP contribution in [0.25, 0.3) is 0 Å². The van der Waals surface area contributed by atoms with E-state index >= 15 is 0 Å². The minimum atomic E-state index is -0.466. The number of ether oxygens (including phenoxy) is 1. The number of aromatic nitrogens is 1. The summed E-state index contributed by atoms with van der Waals surface area (Å²) in [6.07, 6.45) is 2.16. The zero-order valence-electron chi connectivity index (χ0n) is 9.56. The fourth-order valence-corrected chi connectivity index (χ4v) is 1.41. The molecule has 0 spiro atoms. The van der Waals surface area contributed by atoms with Gasteiger partial charge in [0.25, 0.3) is 5.91 Å². The summed E-state index contributed by atoms with van der Waals surface area (Å²) in [5.41, 5.74) is 0.205. The highest BCUT2D eigenvalue weighted by Crippen LogP contribution is 2.40. The number of esters is 1. The molecule has 1 heterocycles. The van der Waals surface area contributed by atoms with Gasteiger partial charge in [-0.05, 0) is 19.8 Å². The highest BCUT2D eigenvalue weighted by Gasteiger charge is 2.28. The number of amides is 1. The molecule has 0 aliphatic heterocycles. The van der Waals surface area contributed by atoms with Crippen LogP contribution in [0.4, 0.5) is 0 Å². The SMILES string of the molecule is CCOC(=O)CNC(=O)c1cc(C2CC2)on1. The monoisotopic (exact) mass is 238 g/mol. The van der Waals surface area contributed by atoms with Crippen LogP contribution < -0.4 is 5.32 Å². The summed E-state index contributed by atoms with van der Waals surface area (Å²) >= 11 is 0.